The highest BCUT2D eigenvalue weighted by atomic mass is 19.1. The van der Waals surface area contributed by atoms with E-state index in [1.165, 1.54) is 0 Å². The number of hydrogen-bond acceptors (Lipinski definition) is 2. The van der Waals surface area contributed by atoms with Crippen molar-refractivity contribution in [3.05, 3.63) is 35.4 Å². The maximum absolute atomic E-state index is 13.7. The number of amides is 1. The SMILES string of the molecule is CO[C@@H]1CCC[C@@H]2CN(C(=O)c3cc(F)ccc3F)C[C@@H]21. The van der Waals surface area contributed by atoms with Crippen LogP contribution in [0, 0.1) is 23.5 Å². The number of methoxy groups -OCH3 is 1. The summed E-state index contributed by atoms with van der Waals surface area (Å²) in [5, 5.41) is 0. The second kappa shape index (κ2) is 5.72. The first-order chi connectivity index (χ1) is 10.1. The summed E-state index contributed by atoms with van der Waals surface area (Å²) in [6.45, 7) is 1.18. The molecule has 1 aromatic carbocycles. The summed E-state index contributed by atoms with van der Waals surface area (Å²) < 4.78 is 32.5. The largest absolute Gasteiger partial charge is 0.381 e. The second-order valence-corrected chi connectivity index (χ2v) is 5.96. The number of rotatable bonds is 2. The smallest absolute Gasteiger partial charge is 0.256 e. The van der Waals surface area contributed by atoms with Crippen molar-refractivity contribution < 1.29 is 18.3 Å². The standard InChI is InChI=1S/C16H19F2NO2/c1-21-15-4-2-3-10-8-19(9-13(10)15)16(20)12-7-11(17)5-6-14(12)18/h5-7,10,13,15H,2-4,8-9H2,1H3/t10-,13+,15-/m1/s1. The molecule has 2 fully saturated rings. The van der Waals surface area contributed by atoms with Crippen LogP contribution in [0.3, 0.4) is 0 Å². The lowest BCUT2D eigenvalue weighted by Crippen LogP contribution is -2.34. The number of carbonyl (C=O) groups is 1. The Morgan fingerprint density at radius 3 is 2.86 bits per heavy atom. The first-order valence-electron chi connectivity index (χ1n) is 7.37. The summed E-state index contributed by atoms with van der Waals surface area (Å²) in [6, 6.07) is 3.01. The number of ether oxygens (including phenoxy) is 1. The molecule has 3 rings (SSSR count). The van der Waals surface area contributed by atoms with Gasteiger partial charge in [0.15, 0.2) is 0 Å². The molecule has 0 aromatic heterocycles. The molecular weight excluding hydrogens is 276 g/mol. The predicted molar refractivity (Wildman–Crippen MR) is 73.9 cm³/mol. The Balaban J connectivity index is 1.79. The maximum Gasteiger partial charge on any atom is 0.256 e. The van der Waals surface area contributed by atoms with Crippen LogP contribution in [-0.2, 0) is 4.74 Å². The highest BCUT2D eigenvalue weighted by molar-refractivity contribution is 5.94. The van der Waals surface area contributed by atoms with Gasteiger partial charge in [-0.25, -0.2) is 8.78 Å². The molecule has 1 amide bonds. The molecule has 2 aliphatic rings. The predicted octanol–water partition coefficient (Wildman–Crippen LogP) is 2.85. The van der Waals surface area contributed by atoms with Gasteiger partial charge < -0.3 is 9.64 Å². The lowest BCUT2D eigenvalue weighted by Gasteiger charge is -2.31. The van der Waals surface area contributed by atoms with Crippen molar-refractivity contribution >= 4 is 5.91 Å². The van der Waals surface area contributed by atoms with E-state index in [1.807, 2.05) is 0 Å². The minimum absolute atomic E-state index is 0.166. The van der Waals surface area contributed by atoms with Gasteiger partial charge in [-0.15, -0.1) is 0 Å². The highest BCUT2D eigenvalue weighted by Gasteiger charge is 2.42. The minimum Gasteiger partial charge on any atom is -0.381 e. The Bertz CT molecular complexity index is 549. The molecule has 1 saturated heterocycles. The molecule has 1 aliphatic heterocycles. The fraction of sp³-hybridized carbons (Fsp3) is 0.562. The maximum atomic E-state index is 13.7. The normalized spacial score (nSPS) is 28.5. The number of fused-ring (bicyclic) bond motifs is 1. The topological polar surface area (TPSA) is 29.5 Å². The van der Waals surface area contributed by atoms with Crippen LogP contribution in [0.25, 0.3) is 0 Å². The van der Waals surface area contributed by atoms with Crippen LogP contribution in [0.1, 0.15) is 29.6 Å². The van der Waals surface area contributed by atoms with Crippen LogP contribution < -0.4 is 0 Å². The molecule has 0 N–H and O–H groups in total. The molecule has 114 valence electrons. The van der Waals surface area contributed by atoms with Crippen molar-refractivity contribution in [1.29, 1.82) is 0 Å². The second-order valence-electron chi connectivity index (χ2n) is 5.96. The zero-order valence-corrected chi connectivity index (χ0v) is 12.0. The van der Waals surface area contributed by atoms with Crippen LogP contribution in [-0.4, -0.2) is 37.1 Å². The van der Waals surface area contributed by atoms with Crippen molar-refractivity contribution in [3.63, 3.8) is 0 Å². The van der Waals surface area contributed by atoms with Gasteiger partial charge in [-0.2, -0.15) is 0 Å². The van der Waals surface area contributed by atoms with E-state index < -0.39 is 17.5 Å². The highest BCUT2D eigenvalue weighted by Crippen LogP contribution is 2.38. The molecule has 1 saturated carbocycles. The third-order valence-electron chi connectivity index (χ3n) is 4.78. The number of benzene rings is 1. The monoisotopic (exact) mass is 295 g/mol. The zero-order valence-electron chi connectivity index (χ0n) is 12.0. The van der Waals surface area contributed by atoms with Crippen LogP contribution in [0.5, 0.6) is 0 Å². The van der Waals surface area contributed by atoms with E-state index >= 15 is 0 Å². The summed E-state index contributed by atoms with van der Waals surface area (Å²) in [6.07, 6.45) is 3.34. The molecule has 1 heterocycles. The van der Waals surface area contributed by atoms with Gasteiger partial charge in [0, 0.05) is 26.1 Å². The first-order valence-corrected chi connectivity index (χ1v) is 7.37. The van der Waals surface area contributed by atoms with Crippen molar-refractivity contribution in [2.24, 2.45) is 11.8 Å². The molecule has 5 heteroatoms. The van der Waals surface area contributed by atoms with E-state index in [4.69, 9.17) is 4.74 Å². The lowest BCUT2D eigenvalue weighted by atomic mass is 9.79. The van der Waals surface area contributed by atoms with Gasteiger partial charge in [0.2, 0.25) is 0 Å². The van der Waals surface area contributed by atoms with Crippen molar-refractivity contribution in [2.45, 2.75) is 25.4 Å². The van der Waals surface area contributed by atoms with E-state index in [9.17, 15) is 13.6 Å². The van der Waals surface area contributed by atoms with E-state index in [0.717, 1.165) is 37.5 Å². The Kier molecular flexibility index (Phi) is 3.93. The van der Waals surface area contributed by atoms with E-state index in [2.05, 4.69) is 0 Å². The van der Waals surface area contributed by atoms with Gasteiger partial charge in [-0.05, 0) is 37.0 Å². The van der Waals surface area contributed by atoms with Gasteiger partial charge in [-0.1, -0.05) is 6.42 Å². The average Bonchev–Trinajstić information content (AvgIpc) is 2.92. The lowest BCUT2D eigenvalue weighted by molar-refractivity contribution is 0.0126. The Labute approximate surface area is 122 Å². The van der Waals surface area contributed by atoms with Crippen LogP contribution in [0.4, 0.5) is 8.78 Å². The summed E-state index contributed by atoms with van der Waals surface area (Å²) >= 11 is 0. The summed E-state index contributed by atoms with van der Waals surface area (Å²) in [5.74, 6) is -0.962. The van der Waals surface area contributed by atoms with Crippen molar-refractivity contribution in [1.82, 2.24) is 4.90 Å². The first kappa shape index (κ1) is 14.4. The van der Waals surface area contributed by atoms with Crippen LogP contribution >= 0.6 is 0 Å². The molecular formula is C16H19F2NO2. The van der Waals surface area contributed by atoms with Gasteiger partial charge in [0.1, 0.15) is 11.6 Å². The van der Waals surface area contributed by atoms with Crippen LogP contribution in [0.15, 0.2) is 18.2 Å². The molecule has 0 spiro atoms. The summed E-state index contributed by atoms with van der Waals surface area (Å²) in [4.78, 5) is 14.1. The number of halogens is 2. The number of nitrogens with zero attached hydrogens (tertiary/aromatic N) is 1. The molecule has 3 atom stereocenters. The Morgan fingerprint density at radius 2 is 2.10 bits per heavy atom. The van der Waals surface area contributed by atoms with Crippen molar-refractivity contribution in [2.75, 3.05) is 20.2 Å². The Morgan fingerprint density at radius 1 is 1.29 bits per heavy atom. The van der Waals surface area contributed by atoms with E-state index in [0.29, 0.717) is 24.9 Å². The Hall–Kier alpha value is -1.49. The molecule has 3 nitrogen and oxygen atoms in total. The molecule has 1 aromatic rings. The third-order valence-corrected chi connectivity index (χ3v) is 4.78. The van der Waals surface area contributed by atoms with Gasteiger partial charge in [0.25, 0.3) is 5.91 Å². The number of likely N-dealkylation sites (tertiary alicyclic amines) is 1. The van der Waals surface area contributed by atoms with Gasteiger partial charge in [0.05, 0.1) is 11.7 Å². The van der Waals surface area contributed by atoms with E-state index in [-0.39, 0.29) is 11.7 Å². The van der Waals surface area contributed by atoms with E-state index in [1.54, 1.807) is 12.0 Å². The van der Waals surface area contributed by atoms with Crippen molar-refractivity contribution in [3.8, 4) is 0 Å². The van der Waals surface area contributed by atoms with Crippen LogP contribution in [0.2, 0.25) is 0 Å². The molecule has 1 aliphatic carbocycles. The fourth-order valence-electron chi connectivity index (χ4n) is 3.71. The molecule has 0 radical (unpaired) electrons. The minimum atomic E-state index is -0.667. The average molecular weight is 295 g/mol. The number of hydrogen-bond donors (Lipinski definition) is 0. The molecule has 21 heavy (non-hydrogen) atoms. The zero-order chi connectivity index (χ0) is 15.0. The quantitative estimate of drug-likeness (QED) is 0.839. The summed E-state index contributed by atoms with van der Waals surface area (Å²) in [7, 11) is 1.70. The number of carbonyl (C=O) groups excluding carboxylic acids is 1. The van der Waals surface area contributed by atoms with Gasteiger partial charge >= 0.3 is 0 Å². The fourth-order valence-corrected chi connectivity index (χ4v) is 3.71. The van der Waals surface area contributed by atoms with Gasteiger partial charge in [-0.3, -0.25) is 4.79 Å². The molecule has 0 unspecified atom stereocenters. The molecule has 0 bridgehead atoms. The third kappa shape index (κ3) is 2.67. The summed E-state index contributed by atoms with van der Waals surface area (Å²) in [5.41, 5.74) is -0.178.